The molecule has 1 saturated carbocycles. The van der Waals surface area contributed by atoms with E-state index in [1.807, 2.05) is 48.4 Å². The van der Waals surface area contributed by atoms with E-state index in [9.17, 15) is 9.18 Å². The average Bonchev–Trinajstić information content (AvgIpc) is 3.36. The predicted molar refractivity (Wildman–Crippen MR) is 127 cm³/mol. The molecule has 0 radical (unpaired) electrons. The van der Waals surface area contributed by atoms with Gasteiger partial charge in [0.1, 0.15) is 11.5 Å². The second kappa shape index (κ2) is 8.39. The van der Waals surface area contributed by atoms with Gasteiger partial charge in [-0.15, -0.1) is 0 Å². The van der Waals surface area contributed by atoms with Gasteiger partial charge in [0.05, 0.1) is 4.88 Å². The highest BCUT2D eigenvalue weighted by atomic mass is 32.1. The third-order valence-corrected chi connectivity index (χ3v) is 6.91. The van der Waals surface area contributed by atoms with E-state index in [-0.39, 0.29) is 11.7 Å². The fourth-order valence-electron chi connectivity index (χ4n) is 4.16. The lowest BCUT2D eigenvalue weighted by atomic mass is 10.1. The first-order chi connectivity index (χ1) is 15.5. The minimum Gasteiger partial charge on any atom is -0.375 e. The maximum absolute atomic E-state index is 14.4. The number of aromatic nitrogens is 2. The normalized spacial score (nSPS) is 13.6. The number of aryl methyl sites for hydroxylation is 1. The standard InChI is InChI=1S/C25H25FN4OS/c1-15-4-2-5-17(12-15)23-22(29-25(27)32-23)24(31)30(14-16-8-9-16)11-10-18-13-28-20-7-3-6-19(26)21(18)20/h2-7,12-13,16,28H,8-11,14H2,1H3,(H2,27,29). The molecule has 0 saturated heterocycles. The molecule has 1 amide bonds. The number of benzene rings is 2. The maximum atomic E-state index is 14.4. The molecule has 4 aromatic rings. The maximum Gasteiger partial charge on any atom is 0.274 e. The van der Waals surface area contributed by atoms with E-state index in [0.29, 0.717) is 41.6 Å². The fourth-order valence-corrected chi connectivity index (χ4v) is 4.98. The topological polar surface area (TPSA) is 75.0 Å². The van der Waals surface area contributed by atoms with Crippen molar-refractivity contribution >= 4 is 33.3 Å². The molecule has 0 unspecified atom stereocenters. The predicted octanol–water partition coefficient (Wildman–Crippen LogP) is 5.42. The first kappa shape index (κ1) is 20.7. The number of nitrogens with two attached hydrogens (primary N) is 1. The minimum atomic E-state index is -0.243. The zero-order chi connectivity index (χ0) is 22.2. The molecule has 5 rings (SSSR count). The summed E-state index contributed by atoms with van der Waals surface area (Å²) in [6, 6.07) is 13.1. The van der Waals surface area contributed by atoms with Crippen LogP contribution in [0.2, 0.25) is 0 Å². The zero-order valence-corrected chi connectivity index (χ0v) is 18.7. The number of hydrogen-bond donors (Lipinski definition) is 2. The molecular weight excluding hydrogens is 423 g/mol. The third-order valence-electron chi connectivity index (χ3n) is 5.98. The fraction of sp³-hybridized carbons (Fsp3) is 0.280. The van der Waals surface area contributed by atoms with Crippen LogP contribution >= 0.6 is 11.3 Å². The highest BCUT2D eigenvalue weighted by Gasteiger charge is 2.30. The number of nitrogens with one attached hydrogen (secondary N) is 1. The lowest BCUT2D eigenvalue weighted by Crippen LogP contribution is -2.35. The molecule has 7 heteroatoms. The number of H-pyrrole nitrogens is 1. The van der Waals surface area contributed by atoms with Crippen molar-refractivity contribution in [2.45, 2.75) is 26.2 Å². The number of aromatic amines is 1. The SMILES string of the molecule is Cc1cccc(-c2sc(N)nc2C(=O)N(CCc2c[nH]c3cccc(F)c23)CC2CC2)c1. The Bertz CT molecular complexity index is 1290. The van der Waals surface area contributed by atoms with Gasteiger partial charge in [-0.25, -0.2) is 9.37 Å². The second-order valence-electron chi connectivity index (χ2n) is 8.52. The molecule has 1 fully saturated rings. The molecule has 2 aromatic heterocycles. The Morgan fingerprint density at radius 2 is 2.09 bits per heavy atom. The summed E-state index contributed by atoms with van der Waals surface area (Å²) in [7, 11) is 0. The number of nitrogen functional groups attached to an aromatic ring is 1. The number of hydrogen-bond acceptors (Lipinski definition) is 4. The van der Waals surface area contributed by atoms with E-state index in [1.165, 1.54) is 17.4 Å². The molecule has 0 aliphatic heterocycles. The van der Waals surface area contributed by atoms with Crippen LogP contribution in [-0.2, 0) is 6.42 Å². The lowest BCUT2D eigenvalue weighted by molar-refractivity contribution is 0.0745. The van der Waals surface area contributed by atoms with Crippen LogP contribution in [0.1, 0.15) is 34.5 Å². The first-order valence-electron chi connectivity index (χ1n) is 10.9. The molecular formula is C25H25FN4OS. The van der Waals surface area contributed by atoms with E-state index in [4.69, 9.17) is 5.73 Å². The van der Waals surface area contributed by atoms with Gasteiger partial charge < -0.3 is 15.6 Å². The smallest absolute Gasteiger partial charge is 0.274 e. The van der Waals surface area contributed by atoms with E-state index in [2.05, 4.69) is 9.97 Å². The average molecular weight is 449 g/mol. The zero-order valence-electron chi connectivity index (χ0n) is 17.9. The molecule has 5 nitrogen and oxygen atoms in total. The molecule has 0 spiro atoms. The van der Waals surface area contributed by atoms with Crippen molar-refractivity contribution in [3.05, 3.63) is 71.3 Å². The van der Waals surface area contributed by atoms with E-state index in [1.54, 1.807) is 6.07 Å². The Labute approximate surface area is 190 Å². The number of carbonyl (C=O) groups excluding carboxylic acids is 1. The van der Waals surface area contributed by atoms with Gasteiger partial charge in [-0.1, -0.05) is 47.2 Å². The Hall–Kier alpha value is -3.19. The Morgan fingerprint density at radius 3 is 2.88 bits per heavy atom. The molecule has 1 aliphatic rings. The van der Waals surface area contributed by atoms with Crippen LogP contribution in [0, 0.1) is 18.7 Å². The molecule has 164 valence electrons. The Kier molecular flexibility index (Phi) is 5.43. The van der Waals surface area contributed by atoms with Crippen LogP contribution in [0.15, 0.2) is 48.7 Å². The van der Waals surface area contributed by atoms with E-state index < -0.39 is 0 Å². The summed E-state index contributed by atoms with van der Waals surface area (Å²) in [5.74, 6) is 0.173. The molecule has 0 atom stereocenters. The summed E-state index contributed by atoms with van der Waals surface area (Å²) in [4.78, 5) is 23.8. The van der Waals surface area contributed by atoms with Gasteiger partial charge >= 0.3 is 0 Å². The first-order valence-corrected chi connectivity index (χ1v) is 11.7. The Morgan fingerprint density at radius 1 is 1.28 bits per heavy atom. The van der Waals surface area contributed by atoms with Crippen molar-refractivity contribution in [2.75, 3.05) is 18.8 Å². The summed E-state index contributed by atoms with van der Waals surface area (Å²) in [6.45, 7) is 3.21. The number of halogens is 1. The van der Waals surface area contributed by atoms with E-state index in [0.717, 1.165) is 39.9 Å². The van der Waals surface area contributed by atoms with Crippen molar-refractivity contribution in [3.8, 4) is 10.4 Å². The largest absolute Gasteiger partial charge is 0.375 e. The van der Waals surface area contributed by atoms with Crippen LogP contribution in [0.5, 0.6) is 0 Å². The molecule has 2 aromatic carbocycles. The third kappa shape index (κ3) is 4.12. The van der Waals surface area contributed by atoms with Crippen LogP contribution in [0.4, 0.5) is 9.52 Å². The van der Waals surface area contributed by atoms with Crippen LogP contribution in [0.25, 0.3) is 21.3 Å². The van der Waals surface area contributed by atoms with Gasteiger partial charge in [0, 0.05) is 30.2 Å². The highest BCUT2D eigenvalue weighted by Crippen LogP contribution is 2.35. The number of nitrogens with zero attached hydrogens (tertiary/aromatic N) is 2. The second-order valence-corrected chi connectivity index (χ2v) is 9.55. The highest BCUT2D eigenvalue weighted by molar-refractivity contribution is 7.19. The van der Waals surface area contributed by atoms with Crippen molar-refractivity contribution in [3.63, 3.8) is 0 Å². The summed E-state index contributed by atoms with van der Waals surface area (Å²) < 4.78 is 14.4. The number of thiazole rings is 1. The number of fused-ring (bicyclic) bond motifs is 1. The summed E-state index contributed by atoms with van der Waals surface area (Å²) >= 11 is 1.34. The summed E-state index contributed by atoms with van der Waals surface area (Å²) in [6.07, 6.45) is 4.68. The van der Waals surface area contributed by atoms with Gasteiger partial charge in [-0.3, -0.25) is 4.79 Å². The van der Waals surface area contributed by atoms with Crippen molar-refractivity contribution in [1.82, 2.24) is 14.9 Å². The number of amides is 1. The lowest BCUT2D eigenvalue weighted by Gasteiger charge is -2.22. The quantitative estimate of drug-likeness (QED) is 0.397. The van der Waals surface area contributed by atoms with Crippen molar-refractivity contribution < 1.29 is 9.18 Å². The van der Waals surface area contributed by atoms with Gasteiger partial charge in [-0.2, -0.15) is 0 Å². The monoisotopic (exact) mass is 448 g/mol. The van der Waals surface area contributed by atoms with Crippen molar-refractivity contribution in [1.29, 1.82) is 0 Å². The van der Waals surface area contributed by atoms with Crippen LogP contribution < -0.4 is 5.73 Å². The van der Waals surface area contributed by atoms with Gasteiger partial charge in [0.25, 0.3) is 5.91 Å². The Balaban J connectivity index is 1.43. The van der Waals surface area contributed by atoms with Gasteiger partial charge in [0.2, 0.25) is 0 Å². The van der Waals surface area contributed by atoms with Gasteiger partial charge in [-0.05, 0) is 55.4 Å². The molecule has 3 N–H and O–H groups in total. The summed E-state index contributed by atoms with van der Waals surface area (Å²) in [5.41, 5.74) is 10.2. The van der Waals surface area contributed by atoms with Crippen LogP contribution in [0.3, 0.4) is 0 Å². The number of anilines is 1. The van der Waals surface area contributed by atoms with Crippen molar-refractivity contribution in [2.24, 2.45) is 5.92 Å². The molecule has 1 aliphatic carbocycles. The molecule has 2 heterocycles. The summed E-state index contributed by atoms with van der Waals surface area (Å²) in [5, 5.41) is 0.986. The van der Waals surface area contributed by atoms with Gasteiger partial charge in [0.15, 0.2) is 5.13 Å². The van der Waals surface area contributed by atoms with Crippen LogP contribution in [-0.4, -0.2) is 33.9 Å². The number of rotatable bonds is 7. The molecule has 0 bridgehead atoms. The molecule has 32 heavy (non-hydrogen) atoms. The van der Waals surface area contributed by atoms with E-state index >= 15 is 0 Å². The minimum absolute atomic E-state index is 0.110. The number of carbonyl (C=O) groups is 1.